The van der Waals surface area contributed by atoms with Crippen LogP contribution in [0.15, 0.2) is 11.4 Å². The summed E-state index contributed by atoms with van der Waals surface area (Å²) in [6.07, 6.45) is 0.331. The lowest BCUT2D eigenvalue weighted by Gasteiger charge is -2.14. The largest absolute Gasteiger partial charge is 0.340 e. The van der Waals surface area contributed by atoms with Gasteiger partial charge < -0.3 is 10.6 Å². The Balaban J connectivity index is 2.82. The molecule has 0 fully saturated rings. The van der Waals surface area contributed by atoms with Crippen molar-refractivity contribution in [2.24, 2.45) is 5.73 Å². The number of hydrogen-bond donors (Lipinski definition) is 1. The molecule has 0 radical (unpaired) electrons. The van der Waals surface area contributed by atoms with Crippen molar-refractivity contribution in [1.82, 2.24) is 4.90 Å². The number of thiophene rings is 1. The molecule has 1 amide bonds. The van der Waals surface area contributed by atoms with Gasteiger partial charge in [-0.1, -0.05) is 11.8 Å². The SMILES string of the molecule is CN(CCC#N)C(=O)c1sccc1C#CCN. The van der Waals surface area contributed by atoms with Crippen LogP contribution in [-0.4, -0.2) is 30.9 Å². The van der Waals surface area contributed by atoms with E-state index < -0.39 is 0 Å². The van der Waals surface area contributed by atoms with Crippen LogP contribution >= 0.6 is 11.3 Å². The van der Waals surface area contributed by atoms with Gasteiger partial charge in [-0.05, 0) is 11.4 Å². The average molecular weight is 247 g/mol. The first-order valence-electron chi connectivity index (χ1n) is 5.09. The second kappa shape index (κ2) is 6.70. The number of hydrogen-bond acceptors (Lipinski definition) is 4. The van der Waals surface area contributed by atoms with Crippen molar-refractivity contribution in [3.05, 3.63) is 21.9 Å². The summed E-state index contributed by atoms with van der Waals surface area (Å²) in [5.41, 5.74) is 6.00. The molecule has 0 spiro atoms. The minimum absolute atomic E-state index is 0.100. The first kappa shape index (κ1) is 13.2. The molecule has 0 bridgehead atoms. The van der Waals surface area contributed by atoms with Gasteiger partial charge in [0, 0.05) is 19.2 Å². The van der Waals surface area contributed by atoms with Crippen LogP contribution in [0.4, 0.5) is 0 Å². The third kappa shape index (κ3) is 3.60. The summed E-state index contributed by atoms with van der Waals surface area (Å²) in [7, 11) is 1.68. The van der Waals surface area contributed by atoms with Crippen molar-refractivity contribution in [2.75, 3.05) is 20.1 Å². The molecule has 0 saturated carbocycles. The fourth-order valence-electron chi connectivity index (χ4n) is 1.21. The summed E-state index contributed by atoms with van der Waals surface area (Å²) in [5.74, 6) is 5.50. The van der Waals surface area contributed by atoms with E-state index in [9.17, 15) is 4.79 Å². The number of rotatable bonds is 3. The van der Waals surface area contributed by atoms with Gasteiger partial charge in [-0.3, -0.25) is 4.79 Å². The molecule has 0 saturated heterocycles. The van der Waals surface area contributed by atoms with Gasteiger partial charge in [0.2, 0.25) is 0 Å². The number of nitrogens with zero attached hydrogens (tertiary/aromatic N) is 2. The van der Waals surface area contributed by atoms with Crippen LogP contribution in [0.2, 0.25) is 0 Å². The molecule has 0 aliphatic heterocycles. The fourth-order valence-corrected chi connectivity index (χ4v) is 2.06. The van der Waals surface area contributed by atoms with Gasteiger partial charge in [-0.15, -0.1) is 11.3 Å². The third-order valence-electron chi connectivity index (χ3n) is 2.09. The minimum Gasteiger partial charge on any atom is -0.340 e. The zero-order valence-corrected chi connectivity index (χ0v) is 10.4. The molecule has 0 aliphatic rings. The summed E-state index contributed by atoms with van der Waals surface area (Å²) in [6, 6.07) is 3.82. The van der Waals surface area contributed by atoms with E-state index in [0.717, 1.165) is 0 Å². The summed E-state index contributed by atoms with van der Waals surface area (Å²) in [6.45, 7) is 0.699. The average Bonchev–Trinajstić information content (AvgIpc) is 2.80. The highest BCUT2D eigenvalue weighted by Gasteiger charge is 2.15. The first-order chi connectivity index (χ1) is 8.20. The molecular formula is C12H13N3OS. The molecule has 1 heterocycles. The molecule has 0 atom stereocenters. The Hall–Kier alpha value is -1.82. The van der Waals surface area contributed by atoms with Crippen LogP contribution in [0.3, 0.4) is 0 Å². The van der Waals surface area contributed by atoms with E-state index in [1.807, 2.05) is 11.4 Å². The molecule has 17 heavy (non-hydrogen) atoms. The fraction of sp³-hybridized carbons (Fsp3) is 0.333. The lowest BCUT2D eigenvalue weighted by molar-refractivity contribution is 0.0802. The van der Waals surface area contributed by atoms with E-state index in [-0.39, 0.29) is 12.5 Å². The highest BCUT2D eigenvalue weighted by Crippen LogP contribution is 2.17. The molecule has 2 N–H and O–H groups in total. The van der Waals surface area contributed by atoms with Crippen LogP contribution in [0.5, 0.6) is 0 Å². The minimum atomic E-state index is -0.100. The van der Waals surface area contributed by atoms with Crippen LogP contribution in [0.1, 0.15) is 21.7 Å². The second-order valence-electron chi connectivity index (χ2n) is 3.30. The lowest BCUT2D eigenvalue weighted by atomic mass is 10.2. The van der Waals surface area contributed by atoms with E-state index in [4.69, 9.17) is 11.0 Å². The van der Waals surface area contributed by atoms with Crippen molar-refractivity contribution >= 4 is 17.2 Å². The predicted molar refractivity (Wildman–Crippen MR) is 67.4 cm³/mol. The van der Waals surface area contributed by atoms with Gasteiger partial charge in [0.05, 0.1) is 19.0 Å². The van der Waals surface area contributed by atoms with Crippen molar-refractivity contribution in [1.29, 1.82) is 5.26 Å². The van der Waals surface area contributed by atoms with Crippen LogP contribution < -0.4 is 5.73 Å². The summed E-state index contributed by atoms with van der Waals surface area (Å²) in [4.78, 5) is 14.2. The normalized spacial score (nSPS) is 9.00. The number of amides is 1. The molecule has 4 nitrogen and oxygen atoms in total. The van der Waals surface area contributed by atoms with Gasteiger partial charge in [0.15, 0.2) is 0 Å². The highest BCUT2D eigenvalue weighted by atomic mass is 32.1. The van der Waals surface area contributed by atoms with Gasteiger partial charge in [0.1, 0.15) is 4.88 Å². The van der Waals surface area contributed by atoms with E-state index in [2.05, 4.69) is 11.8 Å². The summed E-state index contributed by atoms with van der Waals surface area (Å²) < 4.78 is 0. The Morgan fingerprint density at radius 3 is 3.06 bits per heavy atom. The molecule has 0 unspecified atom stereocenters. The topological polar surface area (TPSA) is 70.1 Å². The zero-order chi connectivity index (χ0) is 12.7. The summed E-state index contributed by atoms with van der Waals surface area (Å²) in [5, 5.41) is 10.3. The van der Waals surface area contributed by atoms with Gasteiger partial charge >= 0.3 is 0 Å². The second-order valence-corrected chi connectivity index (χ2v) is 4.22. The van der Waals surface area contributed by atoms with Gasteiger partial charge in [-0.25, -0.2) is 0 Å². The molecule has 5 heteroatoms. The zero-order valence-electron chi connectivity index (χ0n) is 9.56. The van der Waals surface area contributed by atoms with Crippen molar-refractivity contribution in [2.45, 2.75) is 6.42 Å². The maximum absolute atomic E-state index is 12.0. The number of carbonyl (C=O) groups excluding carboxylic acids is 1. The predicted octanol–water partition coefficient (Wildman–Crippen LogP) is 1.04. The number of carbonyl (C=O) groups is 1. The first-order valence-corrected chi connectivity index (χ1v) is 5.97. The molecule has 88 valence electrons. The Kier molecular flexibility index (Phi) is 5.22. The monoisotopic (exact) mass is 247 g/mol. The van der Waals surface area contributed by atoms with E-state index in [1.165, 1.54) is 16.2 Å². The van der Waals surface area contributed by atoms with Crippen molar-refractivity contribution < 1.29 is 4.79 Å². The van der Waals surface area contributed by atoms with Crippen LogP contribution in [0.25, 0.3) is 0 Å². The number of nitrogens with two attached hydrogens (primary N) is 1. The number of nitriles is 1. The smallest absolute Gasteiger partial charge is 0.264 e. The Labute approximate surface area is 105 Å². The molecular weight excluding hydrogens is 234 g/mol. The van der Waals surface area contributed by atoms with Crippen molar-refractivity contribution in [3.8, 4) is 17.9 Å². The van der Waals surface area contributed by atoms with E-state index >= 15 is 0 Å². The highest BCUT2D eigenvalue weighted by molar-refractivity contribution is 7.12. The molecule has 0 aliphatic carbocycles. The standard InChI is InChI=1S/C12H13N3OS/c1-15(8-3-7-14)12(16)11-10(4-2-6-13)5-9-17-11/h5,9H,3,6,8,13H2,1H3. The molecule has 1 aromatic rings. The molecule has 1 rings (SSSR count). The van der Waals surface area contributed by atoms with Crippen LogP contribution in [-0.2, 0) is 0 Å². The van der Waals surface area contributed by atoms with Gasteiger partial charge in [-0.2, -0.15) is 5.26 Å². The lowest BCUT2D eigenvalue weighted by Crippen LogP contribution is -2.27. The van der Waals surface area contributed by atoms with E-state index in [0.29, 0.717) is 23.4 Å². The summed E-state index contributed by atoms with van der Waals surface area (Å²) >= 11 is 1.35. The van der Waals surface area contributed by atoms with Gasteiger partial charge in [0.25, 0.3) is 5.91 Å². The molecule has 0 aromatic carbocycles. The Morgan fingerprint density at radius 2 is 2.41 bits per heavy atom. The van der Waals surface area contributed by atoms with E-state index in [1.54, 1.807) is 13.1 Å². The maximum atomic E-state index is 12.0. The van der Waals surface area contributed by atoms with Crippen LogP contribution in [0, 0.1) is 23.2 Å². The molecule has 1 aromatic heterocycles. The Morgan fingerprint density at radius 1 is 1.65 bits per heavy atom. The Bertz CT molecular complexity index is 490. The quantitative estimate of drug-likeness (QED) is 0.811. The third-order valence-corrected chi connectivity index (χ3v) is 2.99. The van der Waals surface area contributed by atoms with Crippen molar-refractivity contribution in [3.63, 3.8) is 0 Å². The maximum Gasteiger partial charge on any atom is 0.264 e.